The number of esters is 2. The fourth-order valence-electron chi connectivity index (χ4n) is 3.16. The quantitative estimate of drug-likeness (QED) is 0.459. The van der Waals surface area contributed by atoms with E-state index in [9.17, 15) is 24.3 Å². The zero-order chi connectivity index (χ0) is 26.2. The predicted molar refractivity (Wildman–Crippen MR) is 128 cm³/mol. The number of nitriles is 1. The van der Waals surface area contributed by atoms with Gasteiger partial charge in [-0.1, -0.05) is 35.4 Å². The minimum atomic E-state index is -2.15. The molecule has 9 nitrogen and oxygen atoms in total. The van der Waals surface area contributed by atoms with Crippen LogP contribution in [0.4, 0.5) is 5.69 Å². The average molecular weight is 486 g/mol. The van der Waals surface area contributed by atoms with Gasteiger partial charge in [-0.15, -0.1) is 0 Å². The van der Waals surface area contributed by atoms with Gasteiger partial charge >= 0.3 is 17.9 Å². The summed E-state index contributed by atoms with van der Waals surface area (Å²) in [6.45, 7) is 3.55. The van der Waals surface area contributed by atoms with Crippen LogP contribution in [0.25, 0.3) is 0 Å². The molecule has 3 rings (SSSR count). The third-order valence-electron chi connectivity index (χ3n) is 5.07. The molecule has 9 heteroatoms. The first-order chi connectivity index (χ1) is 17.2. The zero-order valence-corrected chi connectivity index (χ0v) is 19.4. The second kappa shape index (κ2) is 11.4. The van der Waals surface area contributed by atoms with Gasteiger partial charge in [0.05, 0.1) is 22.8 Å². The highest BCUT2D eigenvalue weighted by Crippen LogP contribution is 2.17. The Kier molecular flexibility index (Phi) is 8.15. The van der Waals surface area contributed by atoms with Crippen LogP contribution in [0.2, 0.25) is 0 Å². The van der Waals surface area contributed by atoms with Gasteiger partial charge in [-0.05, 0) is 62.4 Å². The summed E-state index contributed by atoms with van der Waals surface area (Å²) in [4.78, 5) is 50.6. The Bertz CT molecular complexity index is 1330. The zero-order valence-electron chi connectivity index (χ0n) is 19.4. The van der Waals surface area contributed by atoms with Crippen LogP contribution in [0.5, 0.6) is 0 Å². The van der Waals surface area contributed by atoms with E-state index in [0.29, 0.717) is 5.56 Å². The first-order valence-electron chi connectivity index (χ1n) is 10.8. The molecule has 182 valence electrons. The number of carbonyl (C=O) groups is 4. The maximum Gasteiger partial charge on any atom is 0.349 e. The van der Waals surface area contributed by atoms with E-state index in [1.807, 2.05) is 13.0 Å². The van der Waals surface area contributed by atoms with Crippen LogP contribution in [0.15, 0.2) is 72.8 Å². The van der Waals surface area contributed by atoms with Crippen LogP contribution >= 0.6 is 0 Å². The molecule has 0 aromatic heterocycles. The molecule has 2 unspecified atom stereocenters. The molecule has 1 amide bonds. The van der Waals surface area contributed by atoms with E-state index < -0.39 is 36.0 Å². The first kappa shape index (κ1) is 25.6. The number of carboxylic acids is 1. The van der Waals surface area contributed by atoms with Crippen molar-refractivity contribution in [1.82, 2.24) is 0 Å². The summed E-state index contributed by atoms with van der Waals surface area (Å²) in [5, 5.41) is 21.2. The number of anilines is 1. The molecule has 0 bridgehead atoms. The summed E-state index contributed by atoms with van der Waals surface area (Å²) in [7, 11) is 0. The van der Waals surface area contributed by atoms with Gasteiger partial charge in [-0.2, -0.15) is 5.26 Å². The average Bonchev–Trinajstić information content (AvgIpc) is 2.86. The molecule has 0 spiro atoms. The molecule has 0 saturated heterocycles. The predicted octanol–water partition coefficient (Wildman–Crippen LogP) is 3.65. The van der Waals surface area contributed by atoms with Crippen LogP contribution in [-0.2, 0) is 19.1 Å². The maximum absolute atomic E-state index is 13.1. The highest BCUT2D eigenvalue weighted by Gasteiger charge is 2.41. The summed E-state index contributed by atoms with van der Waals surface area (Å²) in [5.41, 5.74) is 2.30. The van der Waals surface area contributed by atoms with E-state index in [4.69, 9.17) is 14.7 Å². The number of aryl methyl sites for hydroxylation is 2. The minimum Gasteiger partial charge on any atom is -0.478 e. The number of rotatable bonds is 8. The second-order valence-corrected chi connectivity index (χ2v) is 7.90. The van der Waals surface area contributed by atoms with Crippen molar-refractivity contribution in [3.8, 4) is 6.07 Å². The molecule has 0 heterocycles. The molecule has 3 aromatic carbocycles. The number of hydrogen-bond donors (Lipinski definition) is 2. The molecule has 0 radical (unpaired) electrons. The number of carboxylic acid groups (broad SMARTS) is 1. The molecule has 2 N–H and O–H groups in total. The Labute approximate surface area is 206 Å². The maximum atomic E-state index is 13.1. The highest BCUT2D eigenvalue weighted by atomic mass is 16.6. The third kappa shape index (κ3) is 6.55. The molecule has 3 aromatic rings. The van der Waals surface area contributed by atoms with Gasteiger partial charge in [0.2, 0.25) is 12.2 Å². The number of nitrogens with zero attached hydrogens (tertiary/aromatic N) is 1. The normalized spacial score (nSPS) is 11.9. The topological polar surface area (TPSA) is 143 Å². The van der Waals surface area contributed by atoms with E-state index in [2.05, 4.69) is 5.32 Å². The molecule has 2 atom stereocenters. The SMILES string of the molecule is Cc1ccc(C(=O)OC(C(=O)O)C(OC(=O)c2cccc(C)c2)C(=O)Nc2ccc(C#N)cc2)cc1. The van der Waals surface area contributed by atoms with Gasteiger partial charge in [-0.3, -0.25) is 4.79 Å². The lowest BCUT2D eigenvalue weighted by atomic mass is 10.1. The Balaban J connectivity index is 1.91. The van der Waals surface area contributed by atoms with Crippen molar-refractivity contribution in [2.45, 2.75) is 26.1 Å². The smallest absolute Gasteiger partial charge is 0.349 e. The van der Waals surface area contributed by atoms with Crippen molar-refractivity contribution < 1.29 is 33.8 Å². The number of nitrogens with one attached hydrogen (secondary N) is 1. The van der Waals surface area contributed by atoms with Crippen LogP contribution in [0.1, 0.15) is 37.4 Å². The summed E-state index contributed by atoms with van der Waals surface area (Å²) >= 11 is 0. The second-order valence-electron chi connectivity index (χ2n) is 7.90. The molecule has 0 aliphatic heterocycles. The van der Waals surface area contributed by atoms with Gasteiger partial charge in [0.1, 0.15) is 0 Å². The Hall–Kier alpha value is -4.97. The first-order valence-corrected chi connectivity index (χ1v) is 10.8. The van der Waals surface area contributed by atoms with Gasteiger partial charge in [0.15, 0.2) is 0 Å². The summed E-state index contributed by atoms with van der Waals surface area (Å²) in [6.07, 6.45) is -4.17. The Morgan fingerprint density at radius 1 is 0.806 bits per heavy atom. The van der Waals surface area contributed by atoms with Crippen molar-refractivity contribution in [3.63, 3.8) is 0 Å². The lowest BCUT2D eigenvalue weighted by molar-refractivity contribution is -0.157. The number of hydrogen-bond acceptors (Lipinski definition) is 7. The molecule has 0 fully saturated rings. The number of benzene rings is 3. The lowest BCUT2D eigenvalue weighted by Crippen LogP contribution is -2.48. The van der Waals surface area contributed by atoms with Crippen molar-refractivity contribution >= 4 is 29.5 Å². The minimum absolute atomic E-state index is 0.0584. The number of carbonyl (C=O) groups excluding carboxylic acids is 3. The van der Waals surface area contributed by atoms with Crippen LogP contribution in [0.3, 0.4) is 0 Å². The number of ether oxygens (including phenoxy) is 2. The Morgan fingerprint density at radius 2 is 1.42 bits per heavy atom. The molecular formula is C27H22N2O7. The molecule has 36 heavy (non-hydrogen) atoms. The van der Waals surface area contributed by atoms with Crippen LogP contribution < -0.4 is 5.32 Å². The molecule has 0 aliphatic rings. The monoisotopic (exact) mass is 486 g/mol. The summed E-state index contributed by atoms with van der Waals surface area (Å²) < 4.78 is 10.4. The molecule has 0 aliphatic carbocycles. The van der Waals surface area contributed by atoms with Gasteiger partial charge < -0.3 is 19.9 Å². The lowest BCUT2D eigenvalue weighted by Gasteiger charge is -2.23. The van der Waals surface area contributed by atoms with E-state index in [1.165, 1.54) is 48.5 Å². The van der Waals surface area contributed by atoms with Crippen molar-refractivity contribution in [2.24, 2.45) is 0 Å². The van der Waals surface area contributed by atoms with Crippen molar-refractivity contribution in [2.75, 3.05) is 5.32 Å². The molecular weight excluding hydrogens is 464 g/mol. The fourth-order valence-corrected chi connectivity index (χ4v) is 3.16. The van der Waals surface area contributed by atoms with Gasteiger partial charge in [0, 0.05) is 5.69 Å². The van der Waals surface area contributed by atoms with Crippen molar-refractivity contribution in [1.29, 1.82) is 5.26 Å². The Morgan fingerprint density at radius 3 is 2.00 bits per heavy atom. The van der Waals surface area contributed by atoms with Crippen LogP contribution in [-0.4, -0.2) is 41.1 Å². The van der Waals surface area contributed by atoms with E-state index in [1.54, 1.807) is 31.2 Å². The van der Waals surface area contributed by atoms with E-state index >= 15 is 0 Å². The summed E-state index contributed by atoms with van der Waals surface area (Å²) in [6, 6.07) is 20.1. The van der Waals surface area contributed by atoms with E-state index in [-0.39, 0.29) is 16.8 Å². The van der Waals surface area contributed by atoms with Gasteiger partial charge in [-0.25, -0.2) is 14.4 Å². The highest BCUT2D eigenvalue weighted by molar-refractivity contribution is 6.01. The van der Waals surface area contributed by atoms with E-state index in [0.717, 1.165) is 11.1 Å². The van der Waals surface area contributed by atoms with Gasteiger partial charge in [0.25, 0.3) is 5.91 Å². The van der Waals surface area contributed by atoms with Crippen LogP contribution in [0, 0.1) is 25.2 Å². The number of amides is 1. The fraction of sp³-hybridized carbons (Fsp3) is 0.148. The standard InChI is InChI=1S/C27H22N2O7/c1-16-6-10-19(11-7-16)26(33)36-23(25(31)32)22(35-27(34)20-5-3-4-17(2)14-20)24(30)29-21-12-8-18(15-28)9-13-21/h3-14,22-23H,1-2H3,(H,29,30)(H,31,32). The third-order valence-corrected chi connectivity index (χ3v) is 5.07. The molecule has 0 saturated carbocycles. The largest absolute Gasteiger partial charge is 0.478 e. The number of aliphatic carboxylic acids is 1. The van der Waals surface area contributed by atoms with Crippen molar-refractivity contribution in [3.05, 3.63) is 101 Å². The summed E-state index contributed by atoms with van der Waals surface area (Å²) in [5.74, 6) is -4.71.